The number of ketones is 1. The quantitative estimate of drug-likeness (QED) is 0.613. The van der Waals surface area contributed by atoms with Crippen LogP contribution in [-0.2, 0) is 0 Å². The summed E-state index contributed by atoms with van der Waals surface area (Å²) in [6, 6.07) is 14.9. The van der Waals surface area contributed by atoms with Crippen molar-refractivity contribution in [2.24, 2.45) is 0 Å². The van der Waals surface area contributed by atoms with Gasteiger partial charge < -0.3 is 4.57 Å². The van der Waals surface area contributed by atoms with Crippen LogP contribution in [0, 0.1) is 0 Å². The fraction of sp³-hybridized carbons (Fsp3) is 0.278. The van der Waals surface area contributed by atoms with Crippen molar-refractivity contribution in [3.8, 4) is 0 Å². The molecule has 1 heterocycles. The minimum Gasteiger partial charge on any atom is -0.338 e. The number of rotatable bonds is 3. The fourth-order valence-electron chi connectivity index (χ4n) is 2.94. The Hall–Kier alpha value is -2.09. The lowest BCUT2D eigenvalue weighted by atomic mass is 10.1. The van der Waals surface area contributed by atoms with Gasteiger partial charge in [0.05, 0.1) is 0 Å². The molecule has 0 amide bonds. The summed E-state index contributed by atoms with van der Waals surface area (Å²) in [5.74, 6) is 0.202. The topological polar surface area (TPSA) is 22.0 Å². The summed E-state index contributed by atoms with van der Waals surface area (Å²) in [6.45, 7) is 6.29. The highest BCUT2D eigenvalue weighted by Gasteiger charge is 2.14. The monoisotopic (exact) mass is 265 g/mol. The van der Waals surface area contributed by atoms with Crippen molar-refractivity contribution >= 4 is 27.6 Å². The predicted molar refractivity (Wildman–Crippen MR) is 84.5 cm³/mol. The van der Waals surface area contributed by atoms with Crippen molar-refractivity contribution in [2.45, 2.75) is 33.2 Å². The first-order chi connectivity index (χ1) is 9.63. The molecule has 0 unspecified atom stereocenters. The molecule has 0 aliphatic heterocycles. The molecule has 2 aromatic carbocycles. The molecule has 0 aliphatic carbocycles. The number of hydrogen-bond acceptors (Lipinski definition) is 1. The Bertz CT molecular complexity index is 796. The molecule has 1 aromatic heterocycles. The first-order valence-corrected chi connectivity index (χ1v) is 7.19. The summed E-state index contributed by atoms with van der Waals surface area (Å²) in [7, 11) is 0. The van der Waals surface area contributed by atoms with E-state index >= 15 is 0 Å². The van der Waals surface area contributed by atoms with Gasteiger partial charge in [-0.1, -0.05) is 25.1 Å². The number of benzene rings is 2. The minimum atomic E-state index is 0.202. The van der Waals surface area contributed by atoms with E-state index in [1.807, 2.05) is 19.1 Å². The number of carbonyl (C=O) groups is 1. The third-order valence-corrected chi connectivity index (χ3v) is 3.87. The van der Waals surface area contributed by atoms with Gasteiger partial charge in [-0.25, -0.2) is 0 Å². The Balaban J connectivity index is 2.41. The van der Waals surface area contributed by atoms with Crippen LogP contribution in [0.15, 0.2) is 42.5 Å². The molecule has 0 saturated carbocycles. The highest BCUT2D eigenvalue weighted by atomic mass is 16.1. The van der Waals surface area contributed by atoms with Gasteiger partial charge in [-0.15, -0.1) is 0 Å². The van der Waals surface area contributed by atoms with E-state index in [1.54, 1.807) is 0 Å². The first-order valence-electron chi connectivity index (χ1n) is 7.19. The normalized spacial score (nSPS) is 11.6. The maximum absolute atomic E-state index is 11.9. The van der Waals surface area contributed by atoms with Gasteiger partial charge in [0, 0.05) is 39.8 Å². The average molecular weight is 265 g/mol. The number of para-hydroxylation sites is 1. The molecule has 102 valence electrons. The molecule has 0 N–H and O–H groups in total. The molecule has 20 heavy (non-hydrogen) atoms. The molecule has 0 spiro atoms. The number of aromatic nitrogens is 1. The summed E-state index contributed by atoms with van der Waals surface area (Å²) in [5.41, 5.74) is 3.25. The smallest absolute Gasteiger partial charge is 0.162 e. The largest absolute Gasteiger partial charge is 0.338 e. The van der Waals surface area contributed by atoms with Crippen molar-refractivity contribution in [3.63, 3.8) is 0 Å². The van der Waals surface area contributed by atoms with Gasteiger partial charge in [0.25, 0.3) is 0 Å². The summed E-state index contributed by atoms with van der Waals surface area (Å²) >= 11 is 0. The summed E-state index contributed by atoms with van der Waals surface area (Å²) in [5, 5.41) is 2.40. The highest BCUT2D eigenvalue weighted by Crippen LogP contribution is 2.32. The fourth-order valence-corrected chi connectivity index (χ4v) is 2.94. The molecule has 2 heteroatoms. The number of hydrogen-bond donors (Lipinski definition) is 0. The van der Waals surface area contributed by atoms with Gasteiger partial charge in [-0.2, -0.15) is 0 Å². The van der Waals surface area contributed by atoms with Gasteiger partial charge in [0.1, 0.15) is 0 Å². The zero-order valence-corrected chi connectivity index (χ0v) is 12.2. The van der Waals surface area contributed by atoms with E-state index in [9.17, 15) is 4.79 Å². The number of fused-ring (bicyclic) bond motifs is 3. The van der Waals surface area contributed by atoms with Crippen LogP contribution < -0.4 is 0 Å². The van der Waals surface area contributed by atoms with Crippen LogP contribution in [0.1, 0.15) is 43.6 Å². The second-order valence-electron chi connectivity index (χ2n) is 5.49. The van der Waals surface area contributed by atoms with E-state index in [4.69, 9.17) is 0 Å². The maximum Gasteiger partial charge on any atom is 0.162 e. The lowest BCUT2D eigenvalue weighted by Crippen LogP contribution is -2.00. The molecular weight excluding hydrogens is 246 g/mol. The van der Waals surface area contributed by atoms with E-state index in [0.29, 0.717) is 12.5 Å². The average Bonchev–Trinajstić information content (AvgIpc) is 2.80. The molecule has 0 radical (unpaired) electrons. The Morgan fingerprint density at radius 1 is 1.05 bits per heavy atom. The minimum absolute atomic E-state index is 0.202. The summed E-state index contributed by atoms with van der Waals surface area (Å²) in [4.78, 5) is 11.9. The Labute approximate surface area is 119 Å². The third-order valence-electron chi connectivity index (χ3n) is 3.87. The van der Waals surface area contributed by atoms with Gasteiger partial charge in [0.15, 0.2) is 5.78 Å². The van der Waals surface area contributed by atoms with Crippen LogP contribution >= 0.6 is 0 Å². The van der Waals surface area contributed by atoms with Crippen molar-refractivity contribution in [1.82, 2.24) is 4.57 Å². The zero-order chi connectivity index (χ0) is 14.3. The molecule has 2 nitrogen and oxygen atoms in total. The predicted octanol–water partition coefficient (Wildman–Crippen LogP) is 4.97. The second kappa shape index (κ2) is 4.78. The van der Waals surface area contributed by atoms with E-state index < -0.39 is 0 Å². The van der Waals surface area contributed by atoms with Crippen molar-refractivity contribution in [3.05, 3.63) is 48.0 Å². The molecule has 3 aromatic rings. The molecule has 3 rings (SSSR count). The van der Waals surface area contributed by atoms with E-state index in [2.05, 4.69) is 48.7 Å². The van der Waals surface area contributed by atoms with E-state index in [-0.39, 0.29) is 5.78 Å². The lowest BCUT2D eigenvalue weighted by Gasteiger charge is -2.11. The Kier molecular flexibility index (Phi) is 3.09. The van der Waals surface area contributed by atoms with Crippen LogP contribution in [0.2, 0.25) is 0 Å². The van der Waals surface area contributed by atoms with Crippen LogP contribution in [0.5, 0.6) is 0 Å². The summed E-state index contributed by atoms with van der Waals surface area (Å²) in [6.07, 6.45) is 0.550. The van der Waals surface area contributed by atoms with E-state index in [1.165, 1.54) is 21.8 Å². The molecule has 0 fully saturated rings. The molecule has 0 saturated heterocycles. The van der Waals surface area contributed by atoms with E-state index in [0.717, 1.165) is 5.56 Å². The molecule has 0 atom stereocenters. The van der Waals surface area contributed by atoms with Gasteiger partial charge >= 0.3 is 0 Å². The molecule has 0 aliphatic rings. The lowest BCUT2D eigenvalue weighted by molar-refractivity contribution is 0.0988. The van der Waals surface area contributed by atoms with Gasteiger partial charge in [-0.3, -0.25) is 4.79 Å². The first kappa shape index (κ1) is 12.9. The Morgan fingerprint density at radius 2 is 1.75 bits per heavy atom. The zero-order valence-electron chi connectivity index (χ0n) is 12.2. The molecule has 0 bridgehead atoms. The second-order valence-corrected chi connectivity index (χ2v) is 5.49. The van der Waals surface area contributed by atoms with Crippen molar-refractivity contribution in [1.29, 1.82) is 0 Å². The van der Waals surface area contributed by atoms with Crippen molar-refractivity contribution < 1.29 is 4.79 Å². The van der Waals surface area contributed by atoms with Crippen LogP contribution in [0.3, 0.4) is 0 Å². The molecular formula is C18H19NO. The van der Waals surface area contributed by atoms with Crippen LogP contribution in [0.25, 0.3) is 21.8 Å². The number of carbonyl (C=O) groups excluding carboxylic acids is 1. The van der Waals surface area contributed by atoms with Gasteiger partial charge in [-0.05, 0) is 38.1 Å². The third kappa shape index (κ3) is 1.83. The van der Waals surface area contributed by atoms with Crippen molar-refractivity contribution in [2.75, 3.05) is 0 Å². The highest BCUT2D eigenvalue weighted by molar-refractivity contribution is 6.11. The summed E-state index contributed by atoms with van der Waals surface area (Å²) < 4.78 is 2.34. The van der Waals surface area contributed by atoms with Crippen LogP contribution in [-0.4, -0.2) is 10.4 Å². The van der Waals surface area contributed by atoms with Crippen LogP contribution in [0.4, 0.5) is 0 Å². The number of nitrogens with zero attached hydrogens (tertiary/aromatic N) is 1. The standard InChI is InChI=1S/C18H19NO/c1-4-18(20)13-9-10-17-15(11-13)14-7-5-6-8-16(14)19(17)12(2)3/h5-12H,4H2,1-3H3. The SMILES string of the molecule is CCC(=O)c1ccc2c(c1)c1ccccc1n2C(C)C. The maximum atomic E-state index is 11.9. The van der Waals surface area contributed by atoms with Gasteiger partial charge in [0.2, 0.25) is 0 Å². The Morgan fingerprint density at radius 3 is 2.45 bits per heavy atom. The number of Topliss-reactive ketones (excluding diaryl/α,β-unsaturated/α-hetero) is 1.